The molecule has 7 heteroatoms. The zero-order chi connectivity index (χ0) is 20.6. The topological polar surface area (TPSA) is 95.6 Å². The molecule has 0 aliphatic carbocycles. The number of furan rings is 1. The Morgan fingerprint density at radius 3 is 2.55 bits per heavy atom. The van der Waals surface area contributed by atoms with Gasteiger partial charge in [0.15, 0.2) is 5.76 Å². The minimum Gasteiger partial charge on any atom is -0.484 e. The lowest BCUT2D eigenvalue weighted by Gasteiger charge is -2.15. The number of nitrogens with zero attached hydrogens (tertiary/aromatic N) is 2. The van der Waals surface area contributed by atoms with E-state index in [-0.39, 0.29) is 24.8 Å². The number of carbonyl (C=O) groups excluding carboxylic acids is 2. The van der Waals surface area contributed by atoms with Crippen LogP contribution in [-0.4, -0.2) is 30.3 Å². The van der Waals surface area contributed by atoms with E-state index in [4.69, 9.17) is 14.4 Å². The summed E-state index contributed by atoms with van der Waals surface area (Å²) in [6.07, 6.45) is 0. The summed E-state index contributed by atoms with van der Waals surface area (Å²) in [5.41, 5.74) is 1.08. The highest BCUT2D eigenvalue weighted by Crippen LogP contribution is 2.19. The van der Waals surface area contributed by atoms with Crippen molar-refractivity contribution in [3.05, 3.63) is 83.8 Å². The van der Waals surface area contributed by atoms with Crippen LogP contribution in [-0.2, 0) is 11.4 Å². The van der Waals surface area contributed by atoms with Crippen molar-refractivity contribution in [2.24, 2.45) is 0 Å². The van der Waals surface area contributed by atoms with Crippen molar-refractivity contribution in [1.29, 1.82) is 5.26 Å². The molecule has 7 nitrogen and oxygen atoms in total. The number of nitrogens with one attached hydrogen (secondary N) is 1. The third-order valence-corrected chi connectivity index (χ3v) is 4.03. The third-order valence-electron chi connectivity index (χ3n) is 4.03. The molecule has 0 atom stereocenters. The van der Waals surface area contributed by atoms with Crippen molar-refractivity contribution in [3.8, 4) is 11.8 Å². The van der Waals surface area contributed by atoms with E-state index in [0.29, 0.717) is 22.8 Å². The second-order valence-corrected chi connectivity index (χ2v) is 6.24. The van der Waals surface area contributed by atoms with Crippen LogP contribution in [0.5, 0.6) is 5.75 Å². The van der Waals surface area contributed by atoms with E-state index in [1.165, 1.54) is 18.0 Å². The van der Waals surface area contributed by atoms with Crippen LogP contribution in [0.4, 0.5) is 5.69 Å². The van der Waals surface area contributed by atoms with Gasteiger partial charge < -0.3 is 19.4 Å². The first-order valence-electron chi connectivity index (χ1n) is 8.88. The van der Waals surface area contributed by atoms with Gasteiger partial charge in [-0.15, -0.1) is 0 Å². The molecule has 0 aliphatic rings. The van der Waals surface area contributed by atoms with Crippen molar-refractivity contribution in [1.82, 2.24) is 4.90 Å². The lowest BCUT2D eigenvalue weighted by Crippen LogP contribution is -2.34. The number of carbonyl (C=O) groups is 2. The van der Waals surface area contributed by atoms with E-state index >= 15 is 0 Å². The van der Waals surface area contributed by atoms with Gasteiger partial charge in [0.2, 0.25) is 5.91 Å². The summed E-state index contributed by atoms with van der Waals surface area (Å²) in [7, 11) is 1.52. The largest absolute Gasteiger partial charge is 0.484 e. The number of amides is 2. The third kappa shape index (κ3) is 5.23. The van der Waals surface area contributed by atoms with Crippen molar-refractivity contribution in [2.45, 2.75) is 6.61 Å². The van der Waals surface area contributed by atoms with Crippen molar-refractivity contribution in [3.63, 3.8) is 0 Å². The molecule has 1 N–H and O–H groups in total. The molecule has 3 aromatic rings. The minimum atomic E-state index is -0.420. The Kier molecular flexibility index (Phi) is 6.28. The summed E-state index contributed by atoms with van der Waals surface area (Å²) in [4.78, 5) is 25.9. The molecule has 0 bridgehead atoms. The molecule has 0 fully saturated rings. The first-order chi connectivity index (χ1) is 14.1. The monoisotopic (exact) mass is 389 g/mol. The molecule has 2 amide bonds. The summed E-state index contributed by atoms with van der Waals surface area (Å²) in [6.45, 7) is -0.0417. The molecule has 0 aliphatic heterocycles. The van der Waals surface area contributed by atoms with Gasteiger partial charge in [-0.25, -0.2) is 0 Å². The molecular formula is C22H19N3O4. The Morgan fingerprint density at radius 2 is 1.79 bits per heavy atom. The summed E-state index contributed by atoms with van der Waals surface area (Å²) in [6, 6.07) is 21.1. The van der Waals surface area contributed by atoms with Crippen LogP contribution in [0.15, 0.2) is 71.1 Å². The van der Waals surface area contributed by atoms with Gasteiger partial charge in [-0.3, -0.25) is 9.59 Å². The normalized spacial score (nSPS) is 10.1. The molecule has 0 saturated carbocycles. The highest BCUT2D eigenvalue weighted by Gasteiger charge is 2.19. The van der Waals surface area contributed by atoms with Crippen LogP contribution in [0.25, 0.3) is 0 Å². The van der Waals surface area contributed by atoms with Crippen LogP contribution in [0.2, 0.25) is 0 Å². The lowest BCUT2D eigenvalue weighted by atomic mass is 10.2. The maximum absolute atomic E-state index is 12.5. The molecule has 29 heavy (non-hydrogen) atoms. The summed E-state index contributed by atoms with van der Waals surface area (Å²) in [5.74, 6) is 0.247. The van der Waals surface area contributed by atoms with Crippen LogP contribution in [0.3, 0.4) is 0 Å². The number of likely N-dealkylation sites (N-methyl/N-ethyl adjacent to an activating group) is 1. The molecular weight excluding hydrogens is 370 g/mol. The van der Waals surface area contributed by atoms with Gasteiger partial charge in [0.1, 0.15) is 24.2 Å². The second kappa shape index (κ2) is 9.24. The number of ether oxygens (including phenoxy) is 1. The predicted octanol–water partition coefficient (Wildman–Crippen LogP) is 3.44. The average molecular weight is 389 g/mol. The summed E-state index contributed by atoms with van der Waals surface area (Å²) in [5, 5.41) is 11.8. The smallest absolute Gasteiger partial charge is 0.289 e. The van der Waals surface area contributed by atoms with Crippen LogP contribution >= 0.6 is 0 Å². The Labute approximate surface area is 168 Å². The Balaban J connectivity index is 1.55. The van der Waals surface area contributed by atoms with Gasteiger partial charge in [-0.05, 0) is 36.4 Å². The number of rotatable bonds is 7. The zero-order valence-electron chi connectivity index (χ0n) is 15.8. The number of benzene rings is 2. The van der Waals surface area contributed by atoms with Gasteiger partial charge in [0, 0.05) is 12.7 Å². The fraction of sp³-hybridized carbons (Fsp3) is 0.136. The van der Waals surface area contributed by atoms with E-state index < -0.39 is 5.91 Å². The number of anilines is 1. The molecule has 146 valence electrons. The van der Waals surface area contributed by atoms with E-state index in [0.717, 1.165) is 0 Å². The SMILES string of the molecule is CN(CC(=O)Nc1ccccc1)C(=O)c1ccc(COc2ccccc2C#N)o1. The van der Waals surface area contributed by atoms with Gasteiger partial charge in [0.05, 0.1) is 12.1 Å². The van der Waals surface area contributed by atoms with Gasteiger partial charge in [0.25, 0.3) is 5.91 Å². The van der Waals surface area contributed by atoms with Gasteiger partial charge in [-0.1, -0.05) is 30.3 Å². The van der Waals surface area contributed by atoms with E-state index in [9.17, 15) is 9.59 Å². The number of para-hydroxylation sites is 2. The van der Waals surface area contributed by atoms with E-state index in [1.54, 1.807) is 42.5 Å². The quantitative estimate of drug-likeness (QED) is 0.668. The number of hydrogen-bond donors (Lipinski definition) is 1. The maximum atomic E-state index is 12.5. The highest BCUT2D eigenvalue weighted by atomic mass is 16.5. The van der Waals surface area contributed by atoms with E-state index in [2.05, 4.69) is 11.4 Å². The average Bonchev–Trinajstić information content (AvgIpc) is 3.21. The van der Waals surface area contributed by atoms with Gasteiger partial charge >= 0.3 is 0 Å². The molecule has 0 unspecified atom stereocenters. The molecule has 3 rings (SSSR count). The van der Waals surface area contributed by atoms with E-state index in [1.807, 2.05) is 18.2 Å². The molecule has 0 radical (unpaired) electrons. The van der Waals surface area contributed by atoms with Crippen LogP contribution in [0.1, 0.15) is 21.9 Å². The maximum Gasteiger partial charge on any atom is 0.289 e. The van der Waals surface area contributed by atoms with Crippen molar-refractivity contribution < 1.29 is 18.7 Å². The lowest BCUT2D eigenvalue weighted by molar-refractivity contribution is -0.116. The Morgan fingerprint density at radius 1 is 1.07 bits per heavy atom. The highest BCUT2D eigenvalue weighted by molar-refractivity contribution is 5.97. The van der Waals surface area contributed by atoms with Crippen molar-refractivity contribution >= 4 is 17.5 Å². The first-order valence-corrected chi connectivity index (χ1v) is 8.88. The van der Waals surface area contributed by atoms with Gasteiger partial charge in [-0.2, -0.15) is 5.26 Å². The van der Waals surface area contributed by atoms with Crippen LogP contribution in [0, 0.1) is 11.3 Å². The number of hydrogen-bond acceptors (Lipinski definition) is 5. The summed E-state index contributed by atoms with van der Waals surface area (Å²) < 4.78 is 11.1. The minimum absolute atomic E-state index is 0.0736. The number of nitriles is 1. The predicted molar refractivity (Wildman–Crippen MR) is 106 cm³/mol. The molecule has 1 heterocycles. The first kappa shape index (κ1) is 19.7. The summed E-state index contributed by atoms with van der Waals surface area (Å²) >= 11 is 0. The molecule has 2 aromatic carbocycles. The fourth-order valence-electron chi connectivity index (χ4n) is 2.60. The molecule has 0 spiro atoms. The fourth-order valence-corrected chi connectivity index (χ4v) is 2.60. The van der Waals surface area contributed by atoms with Crippen molar-refractivity contribution in [2.75, 3.05) is 18.9 Å². The molecule has 1 aromatic heterocycles. The van der Waals surface area contributed by atoms with Crippen LogP contribution < -0.4 is 10.1 Å². The Hall–Kier alpha value is -4.05. The second-order valence-electron chi connectivity index (χ2n) is 6.24. The Bertz CT molecular complexity index is 1040. The zero-order valence-corrected chi connectivity index (χ0v) is 15.8. The standard InChI is InChI=1S/C22H19N3O4/c1-25(14-21(26)24-17-8-3-2-4-9-17)22(27)20-12-11-18(29-20)15-28-19-10-6-5-7-16(19)13-23/h2-12H,14-15H2,1H3,(H,24,26). The molecule has 0 saturated heterocycles.